The number of aromatic nitrogens is 1. The van der Waals surface area contributed by atoms with Crippen LogP contribution in [0.5, 0.6) is 5.75 Å². The summed E-state index contributed by atoms with van der Waals surface area (Å²) in [7, 11) is 0. The lowest BCUT2D eigenvalue weighted by Crippen LogP contribution is -2.02. The molecule has 0 aliphatic carbocycles. The molecule has 0 radical (unpaired) electrons. The van der Waals surface area contributed by atoms with Gasteiger partial charge in [0.05, 0.1) is 10.0 Å². The molecule has 2 aromatic rings. The second kappa shape index (κ2) is 5.02. The molecule has 0 fully saturated rings. The zero-order chi connectivity index (χ0) is 13.3. The van der Waals surface area contributed by atoms with Gasteiger partial charge in [0.25, 0.3) is 0 Å². The maximum Gasteiger partial charge on any atom is 0.123 e. The van der Waals surface area contributed by atoms with Gasteiger partial charge in [0.2, 0.25) is 0 Å². The summed E-state index contributed by atoms with van der Waals surface area (Å²) < 4.78 is 0. The first-order valence-electron chi connectivity index (χ1n) is 5.07. The summed E-state index contributed by atoms with van der Waals surface area (Å²) in [6, 6.07) is 5.98. The molecule has 94 valence electrons. The second-order valence-corrected chi connectivity index (χ2v) is 4.50. The first kappa shape index (κ1) is 13.0. The molecular weight excluding hydrogens is 275 g/mol. The number of rotatable bonds is 2. The normalized spacial score (nSPS) is 12.4. The van der Waals surface area contributed by atoms with E-state index in [1.54, 1.807) is 12.1 Å². The Balaban J connectivity index is 2.49. The Bertz CT molecular complexity index is 573. The number of nitrogen functional groups attached to an aromatic ring is 1. The van der Waals surface area contributed by atoms with Gasteiger partial charge in [-0.1, -0.05) is 29.3 Å². The smallest absolute Gasteiger partial charge is 0.123 e. The SMILES string of the molecule is Nc1ccc(C(O)c2c(O)ccc(Cl)c2Cl)cn1. The third kappa shape index (κ3) is 2.36. The fourth-order valence-corrected chi connectivity index (χ4v) is 1.99. The van der Waals surface area contributed by atoms with Crippen molar-refractivity contribution < 1.29 is 10.2 Å². The van der Waals surface area contributed by atoms with Crippen LogP contribution in [0.4, 0.5) is 5.82 Å². The molecule has 4 nitrogen and oxygen atoms in total. The number of aromatic hydroxyl groups is 1. The molecule has 0 saturated carbocycles. The van der Waals surface area contributed by atoms with Gasteiger partial charge in [0.1, 0.15) is 17.7 Å². The lowest BCUT2D eigenvalue weighted by molar-refractivity contribution is 0.215. The van der Waals surface area contributed by atoms with Crippen LogP contribution < -0.4 is 5.73 Å². The number of aliphatic hydroxyl groups excluding tert-OH is 1. The van der Waals surface area contributed by atoms with Crippen LogP contribution in [0.25, 0.3) is 0 Å². The average Bonchev–Trinajstić information content (AvgIpc) is 2.35. The van der Waals surface area contributed by atoms with Crippen LogP contribution in [0.3, 0.4) is 0 Å². The lowest BCUT2D eigenvalue weighted by Gasteiger charge is -2.15. The minimum atomic E-state index is -1.12. The Kier molecular flexibility index (Phi) is 3.61. The molecular formula is C12H10Cl2N2O2. The Hall–Kier alpha value is -1.49. The van der Waals surface area contributed by atoms with Crippen molar-refractivity contribution in [3.8, 4) is 5.75 Å². The van der Waals surface area contributed by atoms with Crippen LogP contribution >= 0.6 is 23.2 Å². The molecule has 1 aromatic heterocycles. The van der Waals surface area contributed by atoms with Gasteiger partial charge in [0.15, 0.2) is 0 Å². The van der Waals surface area contributed by atoms with Crippen LogP contribution in [-0.4, -0.2) is 15.2 Å². The number of hydrogen-bond donors (Lipinski definition) is 3. The number of nitrogens with zero attached hydrogens (tertiary/aromatic N) is 1. The lowest BCUT2D eigenvalue weighted by atomic mass is 10.0. The quantitative estimate of drug-likeness (QED) is 0.792. The average molecular weight is 285 g/mol. The van der Waals surface area contributed by atoms with Crippen molar-refractivity contribution in [1.82, 2.24) is 4.98 Å². The number of halogens is 2. The molecule has 0 bridgehead atoms. The summed E-state index contributed by atoms with van der Waals surface area (Å²) in [6.45, 7) is 0. The van der Waals surface area contributed by atoms with Crippen molar-refractivity contribution in [2.45, 2.75) is 6.10 Å². The number of phenolic OH excluding ortho intramolecular Hbond substituents is 1. The molecule has 0 saturated heterocycles. The summed E-state index contributed by atoms with van der Waals surface area (Å²) in [5.41, 5.74) is 6.07. The molecule has 0 amide bonds. The molecule has 6 heteroatoms. The highest BCUT2D eigenvalue weighted by Gasteiger charge is 2.20. The van der Waals surface area contributed by atoms with Gasteiger partial charge < -0.3 is 15.9 Å². The van der Waals surface area contributed by atoms with Gasteiger partial charge in [-0.15, -0.1) is 0 Å². The molecule has 2 rings (SSSR count). The van der Waals surface area contributed by atoms with Crippen LogP contribution in [0.2, 0.25) is 10.0 Å². The van der Waals surface area contributed by atoms with Crippen molar-refractivity contribution in [1.29, 1.82) is 0 Å². The van der Waals surface area contributed by atoms with E-state index in [0.29, 0.717) is 11.4 Å². The summed E-state index contributed by atoms with van der Waals surface area (Å²) in [5, 5.41) is 20.3. The monoisotopic (exact) mass is 284 g/mol. The summed E-state index contributed by atoms with van der Waals surface area (Å²) in [4.78, 5) is 3.87. The molecule has 1 unspecified atom stereocenters. The van der Waals surface area contributed by atoms with Crippen LogP contribution in [0.1, 0.15) is 17.2 Å². The molecule has 1 heterocycles. The molecule has 0 aliphatic heterocycles. The molecule has 1 aromatic carbocycles. The predicted molar refractivity (Wildman–Crippen MR) is 70.8 cm³/mol. The van der Waals surface area contributed by atoms with E-state index in [2.05, 4.69) is 4.98 Å². The van der Waals surface area contributed by atoms with E-state index in [9.17, 15) is 10.2 Å². The summed E-state index contributed by atoms with van der Waals surface area (Å²) in [5.74, 6) is 0.209. The van der Waals surface area contributed by atoms with Crippen LogP contribution in [0.15, 0.2) is 30.5 Å². The number of benzene rings is 1. The van der Waals surface area contributed by atoms with Crippen LogP contribution in [-0.2, 0) is 0 Å². The van der Waals surface area contributed by atoms with Crippen molar-refractivity contribution in [2.75, 3.05) is 5.73 Å². The molecule has 0 aliphatic rings. The first-order valence-corrected chi connectivity index (χ1v) is 5.82. The van der Waals surface area contributed by atoms with Crippen molar-refractivity contribution in [2.24, 2.45) is 0 Å². The fourth-order valence-electron chi connectivity index (χ4n) is 1.56. The number of pyridine rings is 1. The largest absolute Gasteiger partial charge is 0.508 e. The van der Waals surface area contributed by atoms with Gasteiger partial charge >= 0.3 is 0 Å². The van der Waals surface area contributed by atoms with Crippen LogP contribution in [0, 0.1) is 0 Å². The van der Waals surface area contributed by atoms with Gasteiger partial charge in [0, 0.05) is 17.3 Å². The number of nitrogens with two attached hydrogens (primary N) is 1. The highest BCUT2D eigenvalue weighted by Crippen LogP contribution is 2.38. The predicted octanol–water partition coefficient (Wildman–Crippen LogP) is 2.76. The molecule has 0 spiro atoms. The summed E-state index contributed by atoms with van der Waals surface area (Å²) >= 11 is 11.8. The Morgan fingerprint density at radius 2 is 1.89 bits per heavy atom. The van der Waals surface area contributed by atoms with E-state index in [1.807, 2.05) is 0 Å². The van der Waals surface area contributed by atoms with Gasteiger partial charge in [-0.2, -0.15) is 0 Å². The third-order valence-corrected chi connectivity index (χ3v) is 3.33. The minimum Gasteiger partial charge on any atom is -0.508 e. The van der Waals surface area contributed by atoms with Crippen molar-refractivity contribution in [3.05, 3.63) is 51.6 Å². The molecule has 4 N–H and O–H groups in total. The fraction of sp³-hybridized carbons (Fsp3) is 0.0833. The second-order valence-electron chi connectivity index (χ2n) is 3.71. The molecule has 18 heavy (non-hydrogen) atoms. The Morgan fingerprint density at radius 3 is 2.50 bits per heavy atom. The van der Waals surface area contributed by atoms with Gasteiger partial charge in [-0.05, 0) is 18.2 Å². The topological polar surface area (TPSA) is 79.4 Å². The number of anilines is 1. The number of aliphatic hydroxyl groups is 1. The maximum absolute atomic E-state index is 10.2. The highest BCUT2D eigenvalue weighted by molar-refractivity contribution is 6.42. The zero-order valence-electron chi connectivity index (χ0n) is 9.14. The number of hydrogen-bond acceptors (Lipinski definition) is 4. The summed E-state index contributed by atoms with van der Waals surface area (Å²) in [6.07, 6.45) is 0.292. The standard InChI is InChI=1S/C12H10Cl2N2O2/c13-7-2-3-8(17)10(11(7)14)12(18)6-1-4-9(15)16-5-6/h1-5,12,17-18H,(H2,15,16). The van der Waals surface area contributed by atoms with Gasteiger partial charge in [-0.3, -0.25) is 0 Å². The van der Waals surface area contributed by atoms with E-state index < -0.39 is 6.10 Å². The maximum atomic E-state index is 10.2. The van der Waals surface area contributed by atoms with E-state index in [-0.39, 0.29) is 21.4 Å². The van der Waals surface area contributed by atoms with Crippen molar-refractivity contribution in [3.63, 3.8) is 0 Å². The minimum absolute atomic E-state index is 0.112. The Morgan fingerprint density at radius 1 is 1.17 bits per heavy atom. The van der Waals surface area contributed by atoms with E-state index in [0.717, 1.165) is 0 Å². The van der Waals surface area contributed by atoms with E-state index in [1.165, 1.54) is 18.3 Å². The molecule has 1 atom stereocenters. The Labute approximate surface area is 114 Å². The number of phenols is 1. The third-order valence-electron chi connectivity index (χ3n) is 2.51. The van der Waals surface area contributed by atoms with Crippen molar-refractivity contribution >= 4 is 29.0 Å². The van der Waals surface area contributed by atoms with Gasteiger partial charge in [-0.25, -0.2) is 4.98 Å². The first-order chi connectivity index (χ1) is 8.50. The van der Waals surface area contributed by atoms with E-state index in [4.69, 9.17) is 28.9 Å². The highest BCUT2D eigenvalue weighted by atomic mass is 35.5. The van der Waals surface area contributed by atoms with E-state index >= 15 is 0 Å². The zero-order valence-corrected chi connectivity index (χ0v) is 10.7.